The van der Waals surface area contributed by atoms with Crippen molar-refractivity contribution >= 4 is 59.6 Å². The van der Waals surface area contributed by atoms with Crippen molar-refractivity contribution < 1.29 is 9.21 Å². The largest absolute Gasteiger partial charge is 0.455 e. The van der Waals surface area contributed by atoms with Crippen molar-refractivity contribution in [1.29, 1.82) is 0 Å². The number of benzene rings is 3. The van der Waals surface area contributed by atoms with Gasteiger partial charge in [0, 0.05) is 31.9 Å². The molecule has 0 radical (unpaired) electrons. The Morgan fingerprint density at radius 2 is 1.70 bits per heavy atom. The molecule has 2 nitrogen and oxygen atoms in total. The van der Waals surface area contributed by atoms with E-state index in [1.165, 1.54) is 0 Å². The molecule has 1 heterocycles. The van der Waals surface area contributed by atoms with E-state index in [0.29, 0.717) is 0 Å². The summed E-state index contributed by atoms with van der Waals surface area (Å²) in [5, 5.41) is 2.03. The predicted molar refractivity (Wildman–Crippen MR) is 98.0 cm³/mol. The third kappa shape index (κ3) is 1.71. The summed E-state index contributed by atoms with van der Waals surface area (Å²) in [5.74, 6) is 0.0594. The van der Waals surface area contributed by atoms with Gasteiger partial charge in [-0.05, 0) is 45.8 Å². The maximum atomic E-state index is 12.8. The number of para-hydroxylation sites is 1. The van der Waals surface area contributed by atoms with Gasteiger partial charge in [-0.2, -0.15) is 0 Å². The van der Waals surface area contributed by atoms with Crippen LogP contribution >= 0.6 is 31.9 Å². The average Bonchev–Trinajstić information content (AvgIpc) is 3.05. The van der Waals surface area contributed by atoms with Crippen molar-refractivity contribution in [3.8, 4) is 11.1 Å². The molecule has 0 spiro atoms. The molecule has 110 valence electrons. The van der Waals surface area contributed by atoms with Crippen molar-refractivity contribution in [1.82, 2.24) is 0 Å². The van der Waals surface area contributed by atoms with Crippen molar-refractivity contribution in [2.75, 3.05) is 0 Å². The lowest BCUT2D eigenvalue weighted by molar-refractivity contribution is 0.104. The fourth-order valence-electron chi connectivity index (χ4n) is 3.39. The van der Waals surface area contributed by atoms with Crippen LogP contribution in [0.5, 0.6) is 0 Å². The minimum Gasteiger partial charge on any atom is -0.455 e. The van der Waals surface area contributed by atoms with E-state index in [1.54, 1.807) is 0 Å². The summed E-state index contributed by atoms with van der Waals surface area (Å²) in [7, 11) is 0. The summed E-state index contributed by atoms with van der Waals surface area (Å²) in [4.78, 5) is 12.8. The highest BCUT2D eigenvalue weighted by molar-refractivity contribution is 9.11. The van der Waals surface area contributed by atoms with Gasteiger partial charge in [0.05, 0.1) is 4.47 Å². The van der Waals surface area contributed by atoms with Crippen LogP contribution in [0.15, 0.2) is 61.9 Å². The molecule has 1 aliphatic carbocycles. The summed E-state index contributed by atoms with van der Waals surface area (Å²) in [6.07, 6.45) is 0. The van der Waals surface area contributed by atoms with Crippen LogP contribution < -0.4 is 0 Å². The van der Waals surface area contributed by atoms with Crippen LogP contribution in [0.1, 0.15) is 15.9 Å². The zero-order chi connectivity index (χ0) is 15.7. The van der Waals surface area contributed by atoms with Crippen molar-refractivity contribution in [3.63, 3.8) is 0 Å². The highest BCUT2D eigenvalue weighted by Crippen LogP contribution is 2.47. The molecule has 0 amide bonds. The first-order valence-electron chi connectivity index (χ1n) is 7.13. The number of rotatable bonds is 0. The van der Waals surface area contributed by atoms with Crippen LogP contribution in [0, 0.1) is 0 Å². The molecular formula is C19H8Br2O2. The molecule has 0 bridgehead atoms. The second-order valence-electron chi connectivity index (χ2n) is 5.60. The second-order valence-corrected chi connectivity index (χ2v) is 7.37. The summed E-state index contributed by atoms with van der Waals surface area (Å²) < 4.78 is 7.73. The van der Waals surface area contributed by atoms with E-state index in [4.69, 9.17) is 4.42 Å². The van der Waals surface area contributed by atoms with Gasteiger partial charge >= 0.3 is 0 Å². The van der Waals surface area contributed by atoms with E-state index in [9.17, 15) is 4.79 Å². The standard InChI is InChI=1S/C19H8Br2O2/c20-9-5-6-10-12(7-9)18(22)13-8-14(21)19-17(16(10)13)11-3-1-2-4-15(11)23-19/h1-8H. The summed E-state index contributed by atoms with van der Waals surface area (Å²) in [5.41, 5.74) is 5.02. The van der Waals surface area contributed by atoms with Crippen LogP contribution in [0.25, 0.3) is 33.1 Å². The number of halogens is 2. The molecule has 23 heavy (non-hydrogen) atoms. The molecule has 4 heteroatoms. The number of hydrogen-bond donors (Lipinski definition) is 0. The Morgan fingerprint density at radius 1 is 0.870 bits per heavy atom. The fourth-order valence-corrected chi connectivity index (χ4v) is 4.26. The minimum absolute atomic E-state index is 0.0594. The maximum absolute atomic E-state index is 12.8. The Kier molecular flexibility index (Phi) is 2.68. The van der Waals surface area contributed by atoms with E-state index in [2.05, 4.69) is 31.9 Å². The molecule has 0 saturated carbocycles. The molecule has 4 aromatic rings. The molecule has 5 rings (SSSR count). The number of carbonyl (C=O) groups is 1. The van der Waals surface area contributed by atoms with E-state index in [-0.39, 0.29) is 5.78 Å². The van der Waals surface area contributed by atoms with Gasteiger partial charge in [0.15, 0.2) is 5.78 Å². The van der Waals surface area contributed by atoms with Gasteiger partial charge in [-0.1, -0.05) is 40.2 Å². The van der Waals surface area contributed by atoms with Crippen LogP contribution in [0.3, 0.4) is 0 Å². The van der Waals surface area contributed by atoms with Crippen molar-refractivity contribution in [2.45, 2.75) is 0 Å². The highest BCUT2D eigenvalue weighted by atomic mass is 79.9. The van der Waals surface area contributed by atoms with Gasteiger partial charge in [-0.25, -0.2) is 0 Å². The minimum atomic E-state index is 0.0594. The van der Waals surface area contributed by atoms with Gasteiger partial charge < -0.3 is 4.42 Å². The van der Waals surface area contributed by atoms with Crippen molar-refractivity contribution in [3.05, 3.63) is 68.6 Å². The zero-order valence-electron chi connectivity index (χ0n) is 11.7. The quantitative estimate of drug-likeness (QED) is 0.289. The van der Waals surface area contributed by atoms with Gasteiger partial charge in [0.2, 0.25) is 0 Å². The fraction of sp³-hybridized carbons (Fsp3) is 0. The molecule has 1 aromatic heterocycles. The van der Waals surface area contributed by atoms with Crippen LogP contribution in [-0.2, 0) is 0 Å². The number of fused-ring (bicyclic) bond motifs is 7. The monoisotopic (exact) mass is 426 g/mol. The third-order valence-electron chi connectivity index (χ3n) is 4.34. The summed E-state index contributed by atoms with van der Waals surface area (Å²) in [6.45, 7) is 0. The average molecular weight is 428 g/mol. The number of hydrogen-bond acceptors (Lipinski definition) is 2. The molecule has 0 N–H and O–H groups in total. The first kappa shape index (κ1) is 13.5. The van der Waals surface area contributed by atoms with E-state index < -0.39 is 0 Å². The lowest BCUT2D eigenvalue weighted by atomic mass is 9.99. The van der Waals surface area contributed by atoms with Gasteiger partial charge in [-0.3, -0.25) is 4.79 Å². The Balaban J connectivity index is 2.05. The van der Waals surface area contributed by atoms with E-state index in [0.717, 1.165) is 53.1 Å². The predicted octanol–water partition coefficient (Wildman–Crippen LogP) is 6.32. The first-order valence-corrected chi connectivity index (χ1v) is 8.72. The summed E-state index contributed by atoms with van der Waals surface area (Å²) >= 11 is 7.01. The number of carbonyl (C=O) groups excluding carboxylic acids is 1. The Labute approximate surface area is 148 Å². The van der Waals surface area contributed by atoms with E-state index in [1.807, 2.05) is 48.5 Å². The number of ketones is 1. The molecule has 0 atom stereocenters. The molecule has 0 aliphatic heterocycles. The molecular weight excluding hydrogens is 420 g/mol. The zero-order valence-corrected chi connectivity index (χ0v) is 14.9. The van der Waals surface area contributed by atoms with Gasteiger partial charge in [0.1, 0.15) is 11.2 Å². The van der Waals surface area contributed by atoms with E-state index >= 15 is 0 Å². The van der Waals surface area contributed by atoms with Gasteiger partial charge in [0.25, 0.3) is 0 Å². The normalized spacial score (nSPS) is 12.9. The molecule has 0 fully saturated rings. The third-order valence-corrected chi connectivity index (χ3v) is 5.43. The summed E-state index contributed by atoms with van der Waals surface area (Å²) in [6, 6.07) is 15.7. The smallest absolute Gasteiger partial charge is 0.194 e. The molecule has 1 aliphatic rings. The van der Waals surface area contributed by atoms with Crippen LogP contribution in [0.4, 0.5) is 0 Å². The Morgan fingerprint density at radius 3 is 2.57 bits per heavy atom. The Bertz CT molecular complexity index is 1160. The molecule has 3 aromatic carbocycles. The van der Waals surface area contributed by atoms with Crippen molar-refractivity contribution in [2.24, 2.45) is 0 Å². The first-order chi connectivity index (χ1) is 11.1. The highest BCUT2D eigenvalue weighted by Gasteiger charge is 2.31. The lowest BCUT2D eigenvalue weighted by Crippen LogP contribution is -1.95. The lowest BCUT2D eigenvalue weighted by Gasteiger charge is -2.04. The van der Waals surface area contributed by atoms with Gasteiger partial charge in [-0.15, -0.1) is 0 Å². The maximum Gasteiger partial charge on any atom is 0.194 e. The van der Waals surface area contributed by atoms with Crippen LogP contribution in [-0.4, -0.2) is 5.78 Å². The van der Waals surface area contributed by atoms with Crippen LogP contribution in [0.2, 0.25) is 0 Å². The Hall–Kier alpha value is -1.91. The molecule has 0 unspecified atom stereocenters. The SMILES string of the molecule is O=C1c2cc(Br)ccc2-c2c1cc(Br)c1oc3ccccc3c21. The molecule has 0 saturated heterocycles. The topological polar surface area (TPSA) is 30.2 Å². The second kappa shape index (κ2) is 4.56. The number of furan rings is 1.